The van der Waals surface area contributed by atoms with Crippen LogP contribution in [-0.2, 0) is 9.59 Å². The number of carbonyl (C=O) groups excluding carboxylic acids is 2. The van der Waals surface area contributed by atoms with Crippen molar-refractivity contribution in [2.45, 2.75) is 18.7 Å². The first-order valence-electron chi connectivity index (χ1n) is 8.12. The first-order valence-corrected chi connectivity index (χ1v) is 10.2. The first-order chi connectivity index (χ1) is 12.8. The zero-order chi connectivity index (χ0) is 19.7. The molecule has 2 heterocycles. The summed E-state index contributed by atoms with van der Waals surface area (Å²) in [6.45, 7) is 3.44. The molecule has 140 valence electrons. The van der Waals surface area contributed by atoms with Gasteiger partial charge in [0.1, 0.15) is 4.32 Å². The number of nitrogens with zero attached hydrogens (tertiary/aromatic N) is 2. The van der Waals surface area contributed by atoms with E-state index in [1.54, 1.807) is 17.8 Å². The van der Waals surface area contributed by atoms with Gasteiger partial charge in [0.05, 0.1) is 28.1 Å². The molecule has 1 aromatic carbocycles. The van der Waals surface area contributed by atoms with Crippen molar-refractivity contribution in [1.29, 1.82) is 0 Å². The van der Waals surface area contributed by atoms with Crippen molar-refractivity contribution >= 4 is 57.6 Å². The molecule has 9 heteroatoms. The number of fused-ring (bicyclic) bond motifs is 1. The molecule has 0 N–H and O–H groups in total. The van der Waals surface area contributed by atoms with E-state index in [4.69, 9.17) is 12.2 Å². The third-order valence-electron chi connectivity index (χ3n) is 4.03. The molecule has 0 spiro atoms. The van der Waals surface area contributed by atoms with Crippen LogP contribution in [0.3, 0.4) is 0 Å². The molecular formula is C19H17KN2O3S3. The fourth-order valence-corrected chi connectivity index (χ4v) is 5.10. The van der Waals surface area contributed by atoms with Crippen LogP contribution in [0, 0.1) is 6.92 Å². The van der Waals surface area contributed by atoms with Crippen molar-refractivity contribution in [2.24, 2.45) is 0 Å². The molecule has 1 saturated heterocycles. The zero-order valence-corrected chi connectivity index (χ0v) is 21.6. The van der Waals surface area contributed by atoms with Gasteiger partial charge in [-0.25, -0.2) is 0 Å². The molecule has 0 radical (unpaired) electrons. The summed E-state index contributed by atoms with van der Waals surface area (Å²) in [4.78, 5) is 27.8. The summed E-state index contributed by atoms with van der Waals surface area (Å²) in [5.41, 5.74) is 3.27. The number of aryl methyl sites for hydroxylation is 1. The van der Waals surface area contributed by atoms with Crippen LogP contribution in [0.4, 0.5) is 5.69 Å². The minimum atomic E-state index is -1.33. The van der Waals surface area contributed by atoms with E-state index < -0.39 is 18.4 Å². The summed E-state index contributed by atoms with van der Waals surface area (Å²) in [5.74, 6) is -1.73. The molecule has 0 atom stereocenters. The van der Waals surface area contributed by atoms with Crippen molar-refractivity contribution in [1.82, 2.24) is 4.90 Å². The molecule has 1 fully saturated rings. The average Bonchev–Trinajstić information content (AvgIpc) is 3.03. The van der Waals surface area contributed by atoms with Gasteiger partial charge in [-0.05, 0) is 49.3 Å². The molecule has 1 amide bonds. The van der Waals surface area contributed by atoms with Gasteiger partial charge in [0.2, 0.25) is 0 Å². The van der Waals surface area contributed by atoms with Crippen LogP contribution in [0.1, 0.15) is 12.5 Å². The minimum Gasteiger partial charge on any atom is -0.548 e. The van der Waals surface area contributed by atoms with E-state index in [1.165, 1.54) is 16.1 Å². The predicted molar refractivity (Wildman–Crippen MR) is 112 cm³/mol. The number of hydrogen-bond donors (Lipinski definition) is 0. The third kappa shape index (κ3) is 5.40. The van der Waals surface area contributed by atoms with Crippen molar-refractivity contribution in [3.8, 4) is 0 Å². The standard InChI is InChI=1S/C19H18N2O3S3.K/c1-11-4-6-13-14(8-11)26-16(20(13)3)7-5-12(2)9-15-18(24)21(10-17(22)23)19(25)27-15;/h4-9H,10H2,1-3H3,(H,22,23);/q;+1/p-1. The summed E-state index contributed by atoms with van der Waals surface area (Å²) in [6, 6.07) is 6.36. The second kappa shape index (κ2) is 10.1. The number of anilines is 1. The normalized spacial score (nSPS) is 19.5. The van der Waals surface area contributed by atoms with E-state index >= 15 is 0 Å². The monoisotopic (exact) mass is 456 g/mol. The largest absolute Gasteiger partial charge is 1.00 e. The summed E-state index contributed by atoms with van der Waals surface area (Å²) >= 11 is 7.88. The predicted octanol–water partition coefficient (Wildman–Crippen LogP) is -0.177. The fourth-order valence-electron chi connectivity index (χ4n) is 2.65. The minimum absolute atomic E-state index is 0. The van der Waals surface area contributed by atoms with Gasteiger partial charge in [-0.3, -0.25) is 9.69 Å². The fraction of sp³-hybridized carbons (Fsp3) is 0.211. The summed E-state index contributed by atoms with van der Waals surface area (Å²) in [6.07, 6.45) is 5.67. The van der Waals surface area contributed by atoms with E-state index in [-0.39, 0.29) is 55.7 Å². The maximum absolute atomic E-state index is 12.3. The van der Waals surface area contributed by atoms with Gasteiger partial charge in [-0.2, -0.15) is 0 Å². The third-order valence-corrected chi connectivity index (χ3v) is 6.57. The molecule has 3 rings (SSSR count). The van der Waals surface area contributed by atoms with E-state index in [2.05, 4.69) is 30.0 Å². The van der Waals surface area contributed by atoms with Gasteiger partial charge in [0.25, 0.3) is 5.91 Å². The van der Waals surface area contributed by atoms with Gasteiger partial charge in [-0.1, -0.05) is 47.9 Å². The number of rotatable bonds is 4. The van der Waals surface area contributed by atoms with Crippen molar-refractivity contribution < 1.29 is 66.1 Å². The SMILES string of the molecule is CC(=CC=C1Sc2cc(C)ccc2N1C)C=C1SC(=S)N(CC(=O)[O-])C1=O.[K+]. The maximum atomic E-state index is 12.3. The Labute approximate surface area is 220 Å². The number of amides is 1. The van der Waals surface area contributed by atoms with E-state index in [0.717, 1.165) is 27.3 Å². The number of carboxylic acids is 1. The molecule has 0 bridgehead atoms. The summed E-state index contributed by atoms with van der Waals surface area (Å²) < 4.78 is 0.235. The Morgan fingerprint density at radius 2 is 2.04 bits per heavy atom. The van der Waals surface area contributed by atoms with Crippen LogP contribution in [0.25, 0.3) is 0 Å². The van der Waals surface area contributed by atoms with Crippen molar-refractivity contribution in [3.63, 3.8) is 0 Å². The number of thiocarbonyl (C=S) groups is 1. The van der Waals surface area contributed by atoms with Gasteiger partial charge in [0.15, 0.2) is 0 Å². The Morgan fingerprint density at radius 3 is 2.71 bits per heavy atom. The molecular weight excluding hydrogens is 440 g/mol. The van der Waals surface area contributed by atoms with E-state index in [0.29, 0.717) is 4.91 Å². The van der Waals surface area contributed by atoms with Crippen LogP contribution in [0.2, 0.25) is 0 Å². The first kappa shape index (κ1) is 23.9. The number of carboxylic acid groups (broad SMARTS) is 1. The molecule has 0 aliphatic carbocycles. The van der Waals surface area contributed by atoms with Crippen LogP contribution in [0.5, 0.6) is 0 Å². The Hall–Kier alpha value is -0.394. The van der Waals surface area contributed by atoms with Crippen molar-refractivity contribution in [2.75, 3.05) is 18.5 Å². The molecule has 0 saturated carbocycles. The second-order valence-corrected chi connectivity index (χ2v) is 8.93. The van der Waals surface area contributed by atoms with E-state index in [1.807, 2.05) is 26.1 Å². The number of carbonyl (C=O) groups is 2. The maximum Gasteiger partial charge on any atom is 1.00 e. The average molecular weight is 457 g/mol. The molecule has 5 nitrogen and oxygen atoms in total. The van der Waals surface area contributed by atoms with Gasteiger partial charge in [-0.15, -0.1) is 0 Å². The smallest absolute Gasteiger partial charge is 0.548 e. The Kier molecular flexibility index (Phi) is 8.60. The Bertz CT molecular complexity index is 940. The quantitative estimate of drug-likeness (QED) is 0.354. The van der Waals surface area contributed by atoms with Crippen molar-refractivity contribution in [3.05, 3.63) is 57.5 Å². The summed E-state index contributed by atoms with van der Waals surface area (Å²) in [7, 11) is 2.02. The molecule has 0 aromatic heterocycles. The molecule has 1 aromatic rings. The zero-order valence-electron chi connectivity index (χ0n) is 16.0. The summed E-state index contributed by atoms with van der Waals surface area (Å²) in [5, 5.41) is 11.8. The van der Waals surface area contributed by atoms with Gasteiger partial charge in [0, 0.05) is 11.9 Å². The Balaban J connectivity index is 0.00000280. The number of thioether (sulfide) groups is 2. The van der Waals surface area contributed by atoms with Crippen LogP contribution >= 0.6 is 35.7 Å². The molecule has 2 aliphatic rings. The molecule has 0 unspecified atom stereocenters. The van der Waals surface area contributed by atoms with Gasteiger partial charge >= 0.3 is 51.4 Å². The van der Waals surface area contributed by atoms with Gasteiger partial charge < -0.3 is 14.8 Å². The van der Waals surface area contributed by atoms with Crippen LogP contribution in [-0.4, -0.2) is 34.7 Å². The molecule has 28 heavy (non-hydrogen) atoms. The number of benzene rings is 1. The van der Waals surface area contributed by atoms with Crippen LogP contribution < -0.4 is 61.4 Å². The van der Waals surface area contributed by atoms with E-state index in [9.17, 15) is 14.7 Å². The Morgan fingerprint density at radius 1 is 1.32 bits per heavy atom. The molecule has 2 aliphatic heterocycles. The number of allylic oxidation sites excluding steroid dienone is 4. The van der Waals surface area contributed by atoms with Crippen LogP contribution in [0.15, 0.2) is 56.8 Å². The second-order valence-electron chi connectivity index (χ2n) is 6.19. The topological polar surface area (TPSA) is 63.7 Å². The number of hydrogen-bond acceptors (Lipinski definition) is 7. The number of aliphatic carboxylic acids is 1.